The van der Waals surface area contributed by atoms with Crippen LogP contribution in [-0.4, -0.2) is 22.5 Å². The van der Waals surface area contributed by atoms with Gasteiger partial charge in [0.1, 0.15) is 4.90 Å². The van der Waals surface area contributed by atoms with Gasteiger partial charge in [0.2, 0.25) is 10.0 Å². The zero-order chi connectivity index (χ0) is 10.9. The molecular weight excluding hydrogens is 202 g/mol. The van der Waals surface area contributed by atoms with Crippen molar-refractivity contribution in [3.63, 3.8) is 0 Å². The fourth-order valence-corrected chi connectivity index (χ4v) is 1.97. The van der Waals surface area contributed by atoms with E-state index in [1.54, 1.807) is 31.1 Å². The van der Waals surface area contributed by atoms with E-state index < -0.39 is 10.0 Å². The van der Waals surface area contributed by atoms with Gasteiger partial charge in [0.15, 0.2) is 0 Å². The molecule has 0 aromatic heterocycles. The number of hydrogen-bond donors (Lipinski definition) is 2. The van der Waals surface area contributed by atoms with Crippen molar-refractivity contribution in [2.75, 3.05) is 24.7 Å². The molecule has 1 aromatic rings. The minimum Gasteiger partial charge on any atom is -0.399 e. The van der Waals surface area contributed by atoms with Gasteiger partial charge in [0, 0.05) is 19.8 Å². The molecule has 4 N–H and O–H groups in total. The topological polar surface area (TPSA) is 89.4 Å². The standard InChI is InChI=1S/C8H13N3O2S/c1-11(2)7-4-3-6(9)5-8(7)14(10,12)13/h3-5H,9H2,1-2H3,(H2,10,12,13). The maximum Gasteiger partial charge on any atom is 0.240 e. The van der Waals surface area contributed by atoms with Crippen molar-refractivity contribution in [3.05, 3.63) is 18.2 Å². The molecule has 0 aliphatic heterocycles. The molecule has 78 valence electrons. The highest BCUT2D eigenvalue weighted by atomic mass is 32.2. The Hall–Kier alpha value is -1.27. The maximum absolute atomic E-state index is 11.2. The predicted molar refractivity (Wildman–Crippen MR) is 56.6 cm³/mol. The lowest BCUT2D eigenvalue weighted by Crippen LogP contribution is -2.18. The van der Waals surface area contributed by atoms with Crippen LogP contribution in [0.3, 0.4) is 0 Å². The van der Waals surface area contributed by atoms with Crippen molar-refractivity contribution in [3.8, 4) is 0 Å². The Balaban J connectivity index is 3.46. The molecule has 1 rings (SSSR count). The number of anilines is 2. The lowest BCUT2D eigenvalue weighted by Gasteiger charge is -2.16. The second kappa shape index (κ2) is 3.47. The highest BCUT2D eigenvalue weighted by molar-refractivity contribution is 7.89. The summed E-state index contributed by atoms with van der Waals surface area (Å²) in [7, 11) is -0.250. The van der Waals surface area contributed by atoms with Crippen molar-refractivity contribution in [2.45, 2.75) is 4.90 Å². The summed E-state index contributed by atoms with van der Waals surface area (Å²) in [5, 5.41) is 5.05. The number of nitrogen functional groups attached to an aromatic ring is 1. The van der Waals surface area contributed by atoms with Crippen LogP contribution < -0.4 is 15.8 Å². The molecule has 0 atom stereocenters. The summed E-state index contributed by atoms with van der Waals surface area (Å²) in [5.41, 5.74) is 6.39. The Morgan fingerprint density at radius 3 is 2.29 bits per heavy atom. The van der Waals surface area contributed by atoms with Gasteiger partial charge < -0.3 is 10.6 Å². The van der Waals surface area contributed by atoms with Gasteiger partial charge in [-0.15, -0.1) is 0 Å². The first-order valence-electron chi connectivity index (χ1n) is 3.92. The van der Waals surface area contributed by atoms with Crippen LogP contribution in [0.2, 0.25) is 0 Å². The average molecular weight is 215 g/mol. The largest absolute Gasteiger partial charge is 0.399 e. The molecule has 6 heteroatoms. The fraction of sp³-hybridized carbons (Fsp3) is 0.250. The Morgan fingerprint density at radius 1 is 1.29 bits per heavy atom. The van der Waals surface area contributed by atoms with Crippen molar-refractivity contribution in [1.29, 1.82) is 0 Å². The van der Waals surface area contributed by atoms with E-state index in [0.29, 0.717) is 11.4 Å². The predicted octanol–water partition coefficient (Wildman–Crippen LogP) is -0.0178. The SMILES string of the molecule is CN(C)c1ccc(N)cc1S(N)(=O)=O. The molecule has 0 radical (unpaired) electrons. The summed E-state index contributed by atoms with van der Waals surface area (Å²) in [6, 6.07) is 4.60. The third kappa shape index (κ3) is 2.15. The van der Waals surface area contributed by atoms with Crippen LogP contribution in [0.15, 0.2) is 23.1 Å². The molecule has 0 heterocycles. The van der Waals surface area contributed by atoms with Crippen molar-refractivity contribution < 1.29 is 8.42 Å². The number of nitrogens with zero attached hydrogens (tertiary/aromatic N) is 1. The van der Waals surface area contributed by atoms with Gasteiger partial charge in [-0.1, -0.05) is 0 Å². The van der Waals surface area contributed by atoms with Gasteiger partial charge in [-0.2, -0.15) is 0 Å². The molecule has 0 fully saturated rings. The molecule has 0 unspecified atom stereocenters. The second-order valence-corrected chi connectivity index (χ2v) is 4.70. The van der Waals surface area contributed by atoms with E-state index in [1.807, 2.05) is 0 Å². The molecule has 0 bridgehead atoms. The third-order valence-electron chi connectivity index (χ3n) is 1.77. The highest BCUT2D eigenvalue weighted by Crippen LogP contribution is 2.24. The molecule has 1 aromatic carbocycles. The number of hydrogen-bond acceptors (Lipinski definition) is 4. The van der Waals surface area contributed by atoms with Crippen LogP contribution >= 0.6 is 0 Å². The van der Waals surface area contributed by atoms with E-state index >= 15 is 0 Å². The fourth-order valence-electron chi connectivity index (χ4n) is 1.13. The summed E-state index contributed by atoms with van der Waals surface area (Å²) in [6.07, 6.45) is 0. The van der Waals surface area contributed by atoms with Gasteiger partial charge in [0.25, 0.3) is 0 Å². The average Bonchev–Trinajstić information content (AvgIpc) is 2.01. The molecule has 14 heavy (non-hydrogen) atoms. The molecule has 0 amide bonds. The minimum atomic E-state index is -3.72. The lowest BCUT2D eigenvalue weighted by atomic mass is 10.3. The molecule has 0 aliphatic carbocycles. The van der Waals surface area contributed by atoms with E-state index in [0.717, 1.165) is 0 Å². The van der Waals surface area contributed by atoms with E-state index in [2.05, 4.69) is 0 Å². The number of benzene rings is 1. The van der Waals surface area contributed by atoms with Crippen LogP contribution in [0.25, 0.3) is 0 Å². The number of primary sulfonamides is 1. The van der Waals surface area contributed by atoms with Crippen LogP contribution in [0.1, 0.15) is 0 Å². The number of rotatable bonds is 2. The van der Waals surface area contributed by atoms with E-state index in [4.69, 9.17) is 10.9 Å². The zero-order valence-electron chi connectivity index (χ0n) is 8.06. The van der Waals surface area contributed by atoms with Crippen molar-refractivity contribution in [2.24, 2.45) is 5.14 Å². The van der Waals surface area contributed by atoms with E-state index in [1.165, 1.54) is 6.07 Å². The highest BCUT2D eigenvalue weighted by Gasteiger charge is 2.15. The monoisotopic (exact) mass is 215 g/mol. The van der Waals surface area contributed by atoms with Crippen LogP contribution in [-0.2, 0) is 10.0 Å². The Labute approximate surface area is 83.4 Å². The maximum atomic E-state index is 11.2. The number of sulfonamides is 1. The van der Waals surface area contributed by atoms with Gasteiger partial charge in [0.05, 0.1) is 5.69 Å². The Kier molecular flexibility index (Phi) is 2.68. The summed E-state index contributed by atoms with van der Waals surface area (Å²) >= 11 is 0. The van der Waals surface area contributed by atoms with Gasteiger partial charge >= 0.3 is 0 Å². The smallest absolute Gasteiger partial charge is 0.240 e. The molecule has 0 saturated carbocycles. The van der Waals surface area contributed by atoms with Crippen molar-refractivity contribution >= 4 is 21.4 Å². The van der Waals surface area contributed by atoms with E-state index in [-0.39, 0.29) is 4.90 Å². The molecule has 0 aliphatic rings. The second-order valence-electron chi connectivity index (χ2n) is 3.17. The summed E-state index contributed by atoms with van der Waals surface area (Å²) in [5.74, 6) is 0. The van der Waals surface area contributed by atoms with E-state index in [9.17, 15) is 8.42 Å². The van der Waals surface area contributed by atoms with Gasteiger partial charge in [-0.3, -0.25) is 0 Å². The quantitative estimate of drug-likeness (QED) is 0.678. The summed E-state index contributed by atoms with van der Waals surface area (Å²) < 4.78 is 22.4. The van der Waals surface area contributed by atoms with Gasteiger partial charge in [-0.05, 0) is 18.2 Å². The first-order valence-corrected chi connectivity index (χ1v) is 5.46. The zero-order valence-corrected chi connectivity index (χ0v) is 8.88. The van der Waals surface area contributed by atoms with Gasteiger partial charge in [-0.25, -0.2) is 13.6 Å². The van der Waals surface area contributed by atoms with Crippen LogP contribution in [0.5, 0.6) is 0 Å². The van der Waals surface area contributed by atoms with Crippen LogP contribution in [0, 0.1) is 0 Å². The third-order valence-corrected chi connectivity index (χ3v) is 2.71. The first kappa shape index (κ1) is 10.8. The molecule has 0 saturated heterocycles. The summed E-state index contributed by atoms with van der Waals surface area (Å²) in [4.78, 5) is 1.71. The summed E-state index contributed by atoms with van der Waals surface area (Å²) in [6.45, 7) is 0. The lowest BCUT2D eigenvalue weighted by molar-refractivity contribution is 0.598. The molecular formula is C8H13N3O2S. The molecule has 5 nitrogen and oxygen atoms in total. The Bertz CT molecular complexity index is 440. The van der Waals surface area contributed by atoms with Crippen molar-refractivity contribution in [1.82, 2.24) is 0 Å². The minimum absolute atomic E-state index is 0.0440. The van der Waals surface area contributed by atoms with Crippen LogP contribution in [0.4, 0.5) is 11.4 Å². The number of nitrogens with two attached hydrogens (primary N) is 2. The normalized spacial score (nSPS) is 11.4. The Morgan fingerprint density at radius 2 is 1.86 bits per heavy atom. The first-order chi connectivity index (χ1) is 6.32. The molecule has 0 spiro atoms.